The van der Waals surface area contributed by atoms with Crippen molar-refractivity contribution in [3.8, 4) is 0 Å². The zero-order valence-electron chi connectivity index (χ0n) is 18.5. The van der Waals surface area contributed by atoms with Crippen LogP contribution in [0.2, 0.25) is 9.36 Å². The van der Waals surface area contributed by atoms with Gasteiger partial charge < -0.3 is 22.6 Å². The summed E-state index contributed by atoms with van der Waals surface area (Å²) in [5.41, 5.74) is 1.87. The number of nitrogens with one attached hydrogen (secondary N) is 2. The van der Waals surface area contributed by atoms with Gasteiger partial charge in [-0.1, -0.05) is 52.7 Å². The van der Waals surface area contributed by atoms with Crippen LogP contribution in [0.3, 0.4) is 0 Å². The first-order valence-corrected chi connectivity index (χ1v) is 13.1. The average Bonchev–Trinajstić information content (AvgIpc) is 3.13. The highest BCUT2D eigenvalue weighted by molar-refractivity contribution is 7.91. The fraction of sp³-hybridized carbons (Fsp3) is 0.318. The van der Waals surface area contributed by atoms with Gasteiger partial charge in [0.2, 0.25) is 9.84 Å². The van der Waals surface area contributed by atoms with Crippen LogP contribution in [0.5, 0.6) is 0 Å². The molecule has 0 fully saturated rings. The second-order valence-corrected chi connectivity index (χ2v) is 10.7. The summed E-state index contributed by atoms with van der Waals surface area (Å²) in [7, 11) is -3.80. The van der Waals surface area contributed by atoms with Crippen molar-refractivity contribution in [3.63, 3.8) is 0 Å². The molecule has 0 atom stereocenters. The smallest absolute Gasteiger partial charge is 0.226 e. The molecule has 10 heteroatoms. The minimum Gasteiger partial charge on any atom is -1.00 e. The van der Waals surface area contributed by atoms with Crippen LogP contribution in [0.1, 0.15) is 26.3 Å². The molecule has 0 amide bonds. The number of quaternary nitrogens is 1. The number of hydrogen-bond donors (Lipinski definition) is 2. The van der Waals surface area contributed by atoms with E-state index in [0.717, 1.165) is 22.6 Å². The number of sulfone groups is 1. The topological polar surface area (TPSA) is 63.5 Å². The number of halogens is 3. The lowest BCUT2D eigenvalue weighted by Gasteiger charge is -2.10. The van der Waals surface area contributed by atoms with Gasteiger partial charge in [0.1, 0.15) is 4.34 Å². The van der Waals surface area contributed by atoms with Crippen LogP contribution in [0.4, 0.5) is 10.8 Å². The summed E-state index contributed by atoms with van der Waals surface area (Å²) in [6.07, 6.45) is 0. The van der Waals surface area contributed by atoms with Gasteiger partial charge in [0.25, 0.3) is 0 Å². The van der Waals surface area contributed by atoms with Crippen molar-refractivity contribution in [1.82, 2.24) is 4.98 Å². The van der Waals surface area contributed by atoms with Gasteiger partial charge in [0.15, 0.2) is 10.2 Å². The van der Waals surface area contributed by atoms with E-state index >= 15 is 0 Å². The third kappa shape index (κ3) is 7.61. The van der Waals surface area contributed by atoms with Crippen LogP contribution in [0, 0.1) is 6.92 Å². The number of anilines is 2. The monoisotopic (exact) mass is 535 g/mol. The number of aromatic nitrogens is 1. The Morgan fingerprint density at radius 1 is 0.969 bits per heavy atom. The maximum absolute atomic E-state index is 12.7. The number of thiazole rings is 1. The van der Waals surface area contributed by atoms with E-state index in [-0.39, 0.29) is 26.7 Å². The quantitative estimate of drug-likeness (QED) is 0.486. The summed E-state index contributed by atoms with van der Waals surface area (Å²) in [4.78, 5) is 5.95. The lowest BCUT2D eigenvalue weighted by atomic mass is 10.2. The van der Waals surface area contributed by atoms with E-state index in [4.69, 9.17) is 23.2 Å². The van der Waals surface area contributed by atoms with E-state index in [1.54, 1.807) is 4.90 Å². The van der Waals surface area contributed by atoms with Crippen LogP contribution in [0.15, 0.2) is 58.5 Å². The van der Waals surface area contributed by atoms with E-state index < -0.39 is 9.84 Å². The highest BCUT2D eigenvalue weighted by Crippen LogP contribution is 2.36. The maximum Gasteiger partial charge on any atom is 0.226 e. The van der Waals surface area contributed by atoms with Gasteiger partial charge in [0, 0.05) is 10.7 Å². The molecule has 32 heavy (non-hydrogen) atoms. The molecule has 176 valence electrons. The molecular weight excluding hydrogens is 509 g/mol. The maximum atomic E-state index is 12.7. The van der Waals surface area contributed by atoms with Gasteiger partial charge >= 0.3 is 0 Å². The number of hydrogen-bond acceptors (Lipinski definition) is 5. The molecule has 0 saturated carbocycles. The number of nitrogens with zero attached hydrogens (tertiary/aromatic N) is 1. The molecular formula is C22H28Cl3N3O2S2. The van der Waals surface area contributed by atoms with Crippen molar-refractivity contribution in [2.24, 2.45) is 0 Å². The van der Waals surface area contributed by atoms with Crippen molar-refractivity contribution in [1.29, 1.82) is 0 Å². The van der Waals surface area contributed by atoms with Gasteiger partial charge in [0.05, 0.1) is 24.5 Å². The molecule has 0 bridgehead atoms. The normalized spacial score (nSPS) is 10.8. The summed E-state index contributed by atoms with van der Waals surface area (Å²) >= 11 is 13.0. The number of aryl methyl sites for hydroxylation is 1. The minimum absolute atomic E-state index is 0. The molecule has 0 aliphatic carbocycles. The fourth-order valence-corrected chi connectivity index (χ4v) is 5.76. The Balaban J connectivity index is 0.000000558. The van der Waals surface area contributed by atoms with Crippen LogP contribution in [0.25, 0.3) is 0 Å². The number of benzene rings is 2. The summed E-state index contributed by atoms with van der Waals surface area (Å²) < 4.78 is 25.5. The highest BCUT2D eigenvalue weighted by Gasteiger charge is 2.25. The Kier molecular flexibility index (Phi) is 12.0. The first-order valence-electron chi connectivity index (χ1n) is 10.1. The van der Waals surface area contributed by atoms with Crippen LogP contribution in [-0.4, -0.2) is 33.0 Å². The van der Waals surface area contributed by atoms with Gasteiger partial charge in [-0.15, -0.1) is 0 Å². The molecule has 1 heterocycles. The first-order chi connectivity index (χ1) is 14.7. The molecule has 2 aromatic carbocycles. The van der Waals surface area contributed by atoms with Gasteiger partial charge in [-0.25, -0.2) is 13.4 Å². The summed E-state index contributed by atoms with van der Waals surface area (Å²) in [5, 5.41) is 3.82. The number of para-hydroxylation sites is 1. The molecule has 0 aliphatic heterocycles. The Bertz CT molecular complexity index is 1080. The lowest BCUT2D eigenvalue weighted by Crippen LogP contribution is -3.11. The average molecular weight is 537 g/mol. The van der Waals surface area contributed by atoms with Crippen molar-refractivity contribution < 1.29 is 25.7 Å². The van der Waals surface area contributed by atoms with E-state index in [1.807, 2.05) is 31.2 Å². The van der Waals surface area contributed by atoms with Crippen molar-refractivity contribution >= 4 is 55.2 Å². The lowest BCUT2D eigenvalue weighted by molar-refractivity contribution is -0.894. The van der Waals surface area contributed by atoms with E-state index in [0.29, 0.717) is 10.2 Å². The molecule has 3 rings (SSSR count). The zero-order valence-corrected chi connectivity index (χ0v) is 22.4. The van der Waals surface area contributed by atoms with Crippen molar-refractivity contribution in [2.45, 2.75) is 37.6 Å². The second-order valence-electron chi connectivity index (χ2n) is 6.81. The zero-order chi connectivity index (χ0) is 23.0. The van der Waals surface area contributed by atoms with E-state index in [2.05, 4.69) is 31.1 Å². The number of rotatable bonds is 7. The summed E-state index contributed by atoms with van der Waals surface area (Å²) in [6, 6.07) is 13.5. The third-order valence-corrected chi connectivity index (χ3v) is 8.18. The summed E-state index contributed by atoms with van der Waals surface area (Å²) in [5.74, 6) is 0. The van der Waals surface area contributed by atoms with Crippen molar-refractivity contribution in [3.05, 3.63) is 63.5 Å². The SMILES string of the molecule is CC[NH+](CC)CC.Cc1ccccc1Nc1nc(S(=O)(=O)c2ccc(Cl)cc2)c(Cl)s1.[Cl-]. The Morgan fingerprint density at radius 3 is 2.03 bits per heavy atom. The predicted octanol–water partition coefficient (Wildman–Crippen LogP) is 2.27. The first kappa shape index (κ1) is 28.7. The minimum atomic E-state index is -3.80. The standard InChI is InChI=1S/C16H12Cl2N2O2S2.C6H15N.ClH/c1-10-4-2-3-5-13(10)19-16-20-15(14(18)23-16)24(21,22)12-8-6-11(17)7-9-12;1-4-7(5-2)6-3;/h2-9H,1H3,(H,19,20);4-6H2,1-3H3;1H. The highest BCUT2D eigenvalue weighted by atomic mass is 35.5. The Labute approximate surface area is 211 Å². The van der Waals surface area contributed by atoms with Crippen molar-refractivity contribution in [2.75, 3.05) is 25.0 Å². The largest absolute Gasteiger partial charge is 1.00 e. The second kappa shape index (κ2) is 13.4. The third-order valence-electron chi connectivity index (χ3n) is 4.82. The molecule has 0 radical (unpaired) electrons. The van der Waals surface area contributed by atoms with Gasteiger partial charge in [-0.05, 0) is 63.6 Å². The summed E-state index contributed by atoms with van der Waals surface area (Å²) in [6.45, 7) is 12.4. The van der Waals surface area contributed by atoms with E-state index in [9.17, 15) is 8.42 Å². The Morgan fingerprint density at radius 2 is 1.53 bits per heavy atom. The molecule has 3 aromatic rings. The predicted molar refractivity (Wildman–Crippen MR) is 131 cm³/mol. The molecule has 2 N–H and O–H groups in total. The van der Waals surface area contributed by atoms with Gasteiger partial charge in [-0.3, -0.25) is 0 Å². The van der Waals surface area contributed by atoms with Crippen LogP contribution in [-0.2, 0) is 9.84 Å². The fourth-order valence-electron chi connectivity index (χ4n) is 2.81. The molecule has 0 saturated heterocycles. The van der Waals surface area contributed by atoms with Crippen LogP contribution >= 0.6 is 34.5 Å². The molecule has 0 unspecified atom stereocenters. The Hall–Kier alpha value is -1.35. The molecule has 1 aromatic heterocycles. The van der Waals surface area contributed by atoms with Gasteiger partial charge in [-0.2, -0.15) is 0 Å². The molecule has 0 aliphatic rings. The molecule has 5 nitrogen and oxygen atoms in total. The molecule has 0 spiro atoms. The van der Waals surface area contributed by atoms with E-state index in [1.165, 1.54) is 43.9 Å². The van der Waals surface area contributed by atoms with Crippen LogP contribution < -0.4 is 22.6 Å².